The summed E-state index contributed by atoms with van der Waals surface area (Å²) >= 11 is 0. The lowest BCUT2D eigenvalue weighted by atomic mass is 10.1. The number of aromatic hydroxyl groups is 2. The number of carbonyl (C=O) groups is 1. The third-order valence-corrected chi connectivity index (χ3v) is 1.64. The van der Waals surface area contributed by atoms with Gasteiger partial charge in [-0.3, -0.25) is 0 Å². The van der Waals surface area contributed by atoms with Gasteiger partial charge in [0.05, 0.1) is 5.56 Å². The molecular weight excluding hydrogens is 217 g/mol. The lowest BCUT2D eigenvalue weighted by Crippen LogP contribution is -2.06. The third-order valence-electron chi connectivity index (χ3n) is 1.64. The van der Waals surface area contributed by atoms with Crippen LogP contribution in [0.25, 0.3) is 0 Å². The second kappa shape index (κ2) is 3.34. The van der Waals surface area contributed by atoms with Crippen molar-refractivity contribution in [2.24, 2.45) is 0 Å². The maximum atomic E-state index is 12.1. The zero-order valence-corrected chi connectivity index (χ0v) is 7.04. The molecule has 0 aliphatic heterocycles. The van der Waals surface area contributed by atoms with E-state index >= 15 is 0 Å². The normalized spacial score (nSPS) is 11.4. The minimum Gasteiger partial charge on any atom is -0.507 e. The van der Waals surface area contributed by atoms with Crippen LogP contribution in [0.5, 0.6) is 11.5 Å². The number of carboxylic acid groups (broad SMARTS) is 1. The van der Waals surface area contributed by atoms with E-state index in [0.29, 0.717) is 0 Å². The number of rotatable bonds is 1. The van der Waals surface area contributed by atoms with Crippen molar-refractivity contribution in [3.8, 4) is 11.5 Å². The molecule has 1 rings (SSSR count). The molecule has 0 radical (unpaired) electrons. The third kappa shape index (κ3) is 2.12. The average Bonchev–Trinajstić information content (AvgIpc) is 1.99. The van der Waals surface area contributed by atoms with Crippen molar-refractivity contribution in [3.63, 3.8) is 0 Å². The Morgan fingerprint density at radius 2 is 1.53 bits per heavy atom. The van der Waals surface area contributed by atoms with Crippen LogP contribution in [0.3, 0.4) is 0 Å². The standard InChI is InChI=1S/C8H5F3O4/c9-8(10,11)3-1-4(12)6(7(14)15)5(13)2-3/h1-2,12-13H,(H,14,15). The van der Waals surface area contributed by atoms with Crippen molar-refractivity contribution in [2.75, 3.05) is 0 Å². The lowest BCUT2D eigenvalue weighted by Gasteiger charge is -2.09. The summed E-state index contributed by atoms with van der Waals surface area (Å²) in [6.45, 7) is 0. The van der Waals surface area contributed by atoms with Gasteiger partial charge in [-0.25, -0.2) is 4.79 Å². The van der Waals surface area contributed by atoms with Crippen molar-refractivity contribution < 1.29 is 33.3 Å². The average molecular weight is 222 g/mol. The Balaban J connectivity index is 3.39. The molecule has 4 nitrogen and oxygen atoms in total. The Labute approximate surface area is 81.2 Å². The second-order valence-corrected chi connectivity index (χ2v) is 2.69. The van der Waals surface area contributed by atoms with Gasteiger partial charge in [-0.15, -0.1) is 0 Å². The Kier molecular flexibility index (Phi) is 2.48. The van der Waals surface area contributed by atoms with E-state index in [4.69, 9.17) is 15.3 Å². The summed E-state index contributed by atoms with van der Waals surface area (Å²) in [6, 6.07) is 0.479. The van der Waals surface area contributed by atoms with Crippen LogP contribution in [-0.4, -0.2) is 21.3 Å². The molecule has 0 unspecified atom stereocenters. The van der Waals surface area contributed by atoms with Crippen LogP contribution >= 0.6 is 0 Å². The van der Waals surface area contributed by atoms with E-state index in [1.165, 1.54) is 0 Å². The predicted octanol–water partition coefficient (Wildman–Crippen LogP) is 1.81. The van der Waals surface area contributed by atoms with Crippen LogP contribution in [0.2, 0.25) is 0 Å². The molecule has 0 saturated carbocycles. The molecule has 0 heterocycles. The molecule has 7 heteroatoms. The van der Waals surface area contributed by atoms with Crippen LogP contribution in [0, 0.1) is 0 Å². The molecule has 0 bridgehead atoms. The topological polar surface area (TPSA) is 77.8 Å². The first-order valence-electron chi connectivity index (χ1n) is 3.60. The second-order valence-electron chi connectivity index (χ2n) is 2.69. The summed E-state index contributed by atoms with van der Waals surface area (Å²) in [5.41, 5.74) is -2.27. The molecule has 0 saturated heterocycles. The van der Waals surface area contributed by atoms with Crippen molar-refractivity contribution in [1.29, 1.82) is 0 Å². The molecule has 0 atom stereocenters. The highest BCUT2D eigenvalue weighted by molar-refractivity contribution is 5.94. The molecule has 1 aromatic carbocycles. The van der Waals surface area contributed by atoms with Gasteiger partial charge in [0.15, 0.2) is 0 Å². The number of aromatic carboxylic acids is 1. The van der Waals surface area contributed by atoms with Gasteiger partial charge in [0, 0.05) is 0 Å². The summed E-state index contributed by atoms with van der Waals surface area (Å²) in [7, 11) is 0. The van der Waals surface area contributed by atoms with Gasteiger partial charge in [-0.2, -0.15) is 13.2 Å². The van der Waals surface area contributed by atoms with E-state index < -0.39 is 34.8 Å². The molecule has 0 aromatic heterocycles. The summed E-state index contributed by atoms with van der Waals surface area (Å²) < 4.78 is 36.3. The van der Waals surface area contributed by atoms with Gasteiger partial charge in [-0.1, -0.05) is 0 Å². The number of carboxylic acids is 1. The molecular formula is C8H5F3O4. The smallest absolute Gasteiger partial charge is 0.416 e. The minimum atomic E-state index is -4.76. The minimum absolute atomic E-state index is 0.239. The van der Waals surface area contributed by atoms with E-state index in [0.717, 1.165) is 0 Å². The number of benzene rings is 1. The Morgan fingerprint density at radius 1 is 1.13 bits per heavy atom. The SMILES string of the molecule is O=C(O)c1c(O)cc(C(F)(F)F)cc1O. The van der Waals surface area contributed by atoms with E-state index in [1.807, 2.05) is 0 Å². The fourth-order valence-corrected chi connectivity index (χ4v) is 0.995. The maximum absolute atomic E-state index is 12.1. The van der Waals surface area contributed by atoms with Crippen molar-refractivity contribution in [1.82, 2.24) is 0 Å². The van der Waals surface area contributed by atoms with Crippen LogP contribution in [-0.2, 0) is 6.18 Å². The highest BCUT2D eigenvalue weighted by Crippen LogP contribution is 2.37. The maximum Gasteiger partial charge on any atom is 0.416 e. The lowest BCUT2D eigenvalue weighted by molar-refractivity contribution is -0.137. The zero-order valence-electron chi connectivity index (χ0n) is 7.04. The Bertz CT molecular complexity index is 388. The van der Waals surface area contributed by atoms with Gasteiger partial charge >= 0.3 is 12.1 Å². The van der Waals surface area contributed by atoms with E-state index in [9.17, 15) is 18.0 Å². The fraction of sp³-hybridized carbons (Fsp3) is 0.125. The first kappa shape index (κ1) is 11.2. The van der Waals surface area contributed by atoms with Crippen LogP contribution in [0.1, 0.15) is 15.9 Å². The molecule has 0 aliphatic rings. The number of alkyl halides is 3. The van der Waals surface area contributed by atoms with E-state index in [1.54, 1.807) is 0 Å². The number of phenols is 2. The predicted molar refractivity (Wildman–Crippen MR) is 41.7 cm³/mol. The van der Waals surface area contributed by atoms with Gasteiger partial charge in [0.2, 0.25) is 0 Å². The zero-order chi connectivity index (χ0) is 11.8. The van der Waals surface area contributed by atoms with Crippen LogP contribution < -0.4 is 0 Å². The Morgan fingerprint density at radius 3 is 1.80 bits per heavy atom. The Hall–Kier alpha value is -1.92. The largest absolute Gasteiger partial charge is 0.507 e. The first-order chi connectivity index (χ1) is 6.73. The monoisotopic (exact) mass is 222 g/mol. The highest BCUT2D eigenvalue weighted by Gasteiger charge is 2.33. The summed E-state index contributed by atoms with van der Waals surface area (Å²) in [4.78, 5) is 10.4. The van der Waals surface area contributed by atoms with Gasteiger partial charge in [-0.05, 0) is 12.1 Å². The molecule has 0 fully saturated rings. The van der Waals surface area contributed by atoms with Crippen molar-refractivity contribution in [2.45, 2.75) is 6.18 Å². The van der Waals surface area contributed by atoms with E-state index in [-0.39, 0.29) is 12.1 Å². The van der Waals surface area contributed by atoms with Crippen molar-refractivity contribution >= 4 is 5.97 Å². The quantitative estimate of drug-likeness (QED) is 0.677. The van der Waals surface area contributed by atoms with Gasteiger partial charge < -0.3 is 15.3 Å². The van der Waals surface area contributed by atoms with Gasteiger partial charge in [0.25, 0.3) is 0 Å². The molecule has 1 aromatic rings. The fourth-order valence-electron chi connectivity index (χ4n) is 0.995. The number of hydrogen-bond acceptors (Lipinski definition) is 3. The molecule has 0 spiro atoms. The van der Waals surface area contributed by atoms with Gasteiger partial charge in [0.1, 0.15) is 17.1 Å². The molecule has 0 amide bonds. The van der Waals surface area contributed by atoms with E-state index in [2.05, 4.69) is 0 Å². The number of hydrogen-bond donors (Lipinski definition) is 3. The summed E-state index contributed by atoms with van der Waals surface area (Å²) in [5, 5.41) is 26.4. The summed E-state index contributed by atoms with van der Waals surface area (Å²) in [6.07, 6.45) is -4.76. The number of halogens is 3. The highest BCUT2D eigenvalue weighted by atomic mass is 19.4. The first-order valence-corrected chi connectivity index (χ1v) is 3.60. The van der Waals surface area contributed by atoms with Crippen LogP contribution in [0.4, 0.5) is 13.2 Å². The van der Waals surface area contributed by atoms with Crippen LogP contribution in [0.15, 0.2) is 12.1 Å². The molecule has 3 N–H and O–H groups in total. The summed E-state index contributed by atoms with van der Waals surface area (Å²) in [5.74, 6) is -3.97. The van der Waals surface area contributed by atoms with Crippen molar-refractivity contribution in [3.05, 3.63) is 23.3 Å². The molecule has 82 valence electrons. The molecule has 0 aliphatic carbocycles. The molecule has 15 heavy (non-hydrogen) atoms.